The Balaban J connectivity index is 2.72. The van der Waals surface area contributed by atoms with Crippen LogP contribution < -0.4 is 21.3 Å². The molecule has 0 saturated heterocycles. The van der Waals surface area contributed by atoms with Gasteiger partial charge in [-0.25, -0.2) is 9.59 Å². The largest absolute Gasteiger partial charge is 0.394 e. The van der Waals surface area contributed by atoms with Gasteiger partial charge in [0.1, 0.15) is 0 Å². The first-order valence-electron chi connectivity index (χ1n) is 8.40. The molecule has 0 aliphatic carbocycles. The average Bonchev–Trinajstić information content (AvgIpc) is 2.60. The fourth-order valence-corrected chi connectivity index (χ4v) is 2.08. The number of carbonyl (C=O) groups is 2. The van der Waals surface area contributed by atoms with Gasteiger partial charge in [-0.05, 0) is 37.5 Å². The minimum Gasteiger partial charge on any atom is -0.394 e. The summed E-state index contributed by atoms with van der Waals surface area (Å²) in [5, 5.41) is 29.0. The lowest BCUT2D eigenvalue weighted by Crippen LogP contribution is -2.40. The van der Waals surface area contributed by atoms with Crippen LogP contribution in [0.1, 0.15) is 32.3 Å². The van der Waals surface area contributed by atoms with E-state index in [0.717, 1.165) is 5.56 Å². The first-order valence-corrected chi connectivity index (χ1v) is 8.40. The molecule has 0 radical (unpaired) electrons. The maximum Gasteiger partial charge on any atom is 0.319 e. The highest BCUT2D eigenvalue weighted by Crippen LogP contribution is 2.20. The van der Waals surface area contributed by atoms with Gasteiger partial charge in [0.25, 0.3) is 0 Å². The van der Waals surface area contributed by atoms with Crippen molar-refractivity contribution in [2.75, 3.05) is 23.8 Å². The van der Waals surface area contributed by atoms with Crippen LogP contribution >= 0.6 is 0 Å². The Morgan fingerprint density at radius 1 is 0.960 bits per heavy atom. The highest BCUT2D eigenvalue weighted by molar-refractivity contribution is 5.93. The number of nitrogens with one attached hydrogen (secondary N) is 4. The lowest BCUT2D eigenvalue weighted by Gasteiger charge is -2.17. The molecule has 1 aromatic rings. The van der Waals surface area contributed by atoms with Crippen molar-refractivity contribution in [1.82, 2.24) is 10.6 Å². The Kier molecular flexibility index (Phi) is 8.73. The number of anilines is 2. The molecule has 0 saturated carbocycles. The normalized spacial score (nSPS) is 12.8. The summed E-state index contributed by atoms with van der Waals surface area (Å²) >= 11 is 0. The van der Waals surface area contributed by atoms with E-state index in [9.17, 15) is 9.59 Å². The second-order valence-corrected chi connectivity index (χ2v) is 5.80. The van der Waals surface area contributed by atoms with Crippen LogP contribution in [0.2, 0.25) is 0 Å². The summed E-state index contributed by atoms with van der Waals surface area (Å²) < 4.78 is 0. The van der Waals surface area contributed by atoms with Gasteiger partial charge in [-0.1, -0.05) is 19.9 Å². The molecule has 25 heavy (non-hydrogen) atoms. The number of hydrogen-bond donors (Lipinski definition) is 6. The minimum atomic E-state index is -0.425. The van der Waals surface area contributed by atoms with E-state index in [1.165, 1.54) is 0 Å². The van der Waals surface area contributed by atoms with Crippen molar-refractivity contribution < 1.29 is 19.8 Å². The summed E-state index contributed by atoms with van der Waals surface area (Å²) in [7, 11) is 0. The number of urea groups is 2. The molecule has 0 aliphatic rings. The van der Waals surface area contributed by atoms with E-state index in [2.05, 4.69) is 21.3 Å². The van der Waals surface area contributed by atoms with E-state index < -0.39 is 12.1 Å². The highest BCUT2D eigenvalue weighted by Gasteiger charge is 2.12. The Morgan fingerprint density at radius 2 is 1.48 bits per heavy atom. The molecule has 2 atom stereocenters. The van der Waals surface area contributed by atoms with Gasteiger partial charge >= 0.3 is 12.1 Å². The van der Waals surface area contributed by atoms with E-state index in [4.69, 9.17) is 10.2 Å². The summed E-state index contributed by atoms with van der Waals surface area (Å²) in [6, 6.07) is 3.69. The standard InChI is InChI=1S/C17H28N4O4/c1-4-12(9-22)18-16(24)20-14-7-6-11(3)15(8-14)21-17(25)19-13(5-2)10-23/h6-8,12-13,22-23H,4-5,9-10H2,1-3H3,(H2,18,20,24)(H2,19,21,25). The molecule has 0 aliphatic heterocycles. The van der Waals surface area contributed by atoms with Gasteiger partial charge in [0.15, 0.2) is 0 Å². The molecule has 140 valence electrons. The number of amides is 4. The fraction of sp³-hybridized carbons (Fsp3) is 0.529. The third-order valence-electron chi connectivity index (χ3n) is 3.84. The third-order valence-corrected chi connectivity index (χ3v) is 3.84. The molecule has 0 fully saturated rings. The molecule has 8 heteroatoms. The molecule has 6 N–H and O–H groups in total. The topological polar surface area (TPSA) is 123 Å². The number of aryl methyl sites for hydroxylation is 1. The van der Waals surface area contributed by atoms with Crippen LogP contribution in [0.4, 0.5) is 21.0 Å². The number of benzene rings is 1. The van der Waals surface area contributed by atoms with Crippen LogP contribution in [-0.4, -0.2) is 47.6 Å². The van der Waals surface area contributed by atoms with E-state index in [0.29, 0.717) is 24.2 Å². The predicted molar refractivity (Wildman–Crippen MR) is 97.8 cm³/mol. The zero-order valence-corrected chi connectivity index (χ0v) is 14.9. The van der Waals surface area contributed by atoms with Crippen molar-refractivity contribution in [3.8, 4) is 0 Å². The second kappa shape index (κ2) is 10.5. The van der Waals surface area contributed by atoms with Gasteiger partial charge < -0.3 is 31.5 Å². The highest BCUT2D eigenvalue weighted by atomic mass is 16.3. The number of rotatable bonds is 8. The van der Waals surface area contributed by atoms with Gasteiger partial charge in [-0.15, -0.1) is 0 Å². The van der Waals surface area contributed by atoms with Crippen molar-refractivity contribution in [3.63, 3.8) is 0 Å². The first kappa shape index (κ1) is 20.7. The van der Waals surface area contributed by atoms with Crippen molar-refractivity contribution >= 4 is 23.4 Å². The van der Waals surface area contributed by atoms with Crippen molar-refractivity contribution in [3.05, 3.63) is 23.8 Å². The summed E-state index contributed by atoms with van der Waals surface area (Å²) in [5.74, 6) is 0. The molecule has 4 amide bonds. The average molecular weight is 352 g/mol. The number of hydrogen-bond acceptors (Lipinski definition) is 4. The van der Waals surface area contributed by atoms with Gasteiger partial charge in [0.2, 0.25) is 0 Å². The van der Waals surface area contributed by atoms with Gasteiger partial charge in [0.05, 0.1) is 25.3 Å². The maximum atomic E-state index is 12.0. The van der Waals surface area contributed by atoms with Crippen LogP contribution in [0.5, 0.6) is 0 Å². The summed E-state index contributed by atoms with van der Waals surface area (Å²) in [6.45, 7) is 5.30. The Hall–Kier alpha value is -2.32. The Morgan fingerprint density at radius 3 is 1.96 bits per heavy atom. The van der Waals surface area contributed by atoms with Gasteiger partial charge in [-0.2, -0.15) is 0 Å². The van der Waals surface area contributed by atoms with Crippen molar-refractivity contribution in [2.24, 2.45) is 0 Å². The first-order chi connectivity index (χ1) is 11.9. The molecule has 1 rings (SSSR count). The third kappa shape index (κ3) is 6.98. The molecule has 0 spiro atoms. The van der Waals surface area contributed by atoms with E-state index in [1.807, 2.05) is 20.8 Å². The predicted octanol–water partition coefficient (Wildman–Crippen LogP) is 1.78. The summed E-state index contributed by atoms with van der Waals surface area (Å²) in [5.41, 5.74) is 1.90. The number of aliphatic hydroxyl groups excluding tert-OH is 2. The second-order valence-electron chi connectivity index (χ2n) is 5.80. The smallest absolute Gasteiger partial charge is 0.319 e. The zero-order chi connectivity index (χ0) is 18.8. The van der Waals surface area contributed by atoms with Crippen LogP contribution in [0.15, 0.2) is 18.2 Å². The molecule has 0 aromatic heterocycles. The maximum absolute atomic E-state index is 12.0. The van der Waals surface area contributed by atoms with Gasteiger partial charge in [-0.3, -0.25) is 0 Å². The number of aliphatic hydroxyl groups is 2. The monoisotopic (exact) mass is 352 g/mol. The summed E-state index contributed by atoms with van der Waals surface area (Å²) in [4.78, 5) is 23.9. The van der Waals surface area contributed by atoms with E-state index in [-0.39, 0.29) is 25.3 Å². The Labute approximate surface area is 148 Å². The van der Waals surface area contributed by atoms with Crippen LogP contribution in [-0.2, 0) is 0 Å². The lowest BCUT2D eigenvalue weighted by molar-refractivity contribution is 0.222. The van der Waals surface area contributed by atoms with Crippen LogP contribution in [0, 0.1) is 6.92 Å². The van der Waals surface area contributed by atoms with Crippen molar-refractivity contribution in [2.45, 2.75) is 45.7 Å². The molecule has 1 aromatic carbocycles. The van der Waals surface area contributed by atoms with E-state index in [1.54, 1.807) is 18.2 Å². The molecule has 8 nitrogen and oxygen atoms in total. The molecule has 2 unspecified atom stereocenters. The van der Waals surface area contributed by atoms with E-state index >= 15 is 0 Å². The van der Waals surface area contributed by atoms with Crippen molar-refractivity contribution in [1.29, 1.82) is 0 Å². The summed E-state index contributed by atoms with van der Waals surface area (Å²) in [6.07, 6.45) is 1.24. The SMILES string of the molecule is CCC(CO)NC(=O)Nc1ccc(C)c(NC(=O)NC(CC)CO)c1. The van der Waals surface area contributed by atoms with Crippen LogP contribution in [0.3, 0.4) is 0 Å². The lowest BCUT2D eigenvalue weighted by atomic mass is 10.2. The Bertz CT molecular complexity index is 572. The van der Waals surface area contributed by atoms with Gasteiger partial charge in [0, 0.05) is 11.4 Å². The fourth-order valence-electron chi connectivity index (χ4n) is 2.08. The zero-order valence-electron chi connectivity index (χ0n) is 14.9. The van der Waals surface area contributed by atoms with Crippen LogP contribution in [0.25, 0.3) is 0 Å². The molecule has 0 heterocycles. The molecule has 0 bridgehead atoms. The quantitative estimate of drug-likeness (QED) is 0.427. The molecular formula is C17H28N4O4. The molecular weight excluding hydrogens is 324 g/mol. The minimum absolute atomic E-state index is 0.131. The number of carbonyl (C=O) groups excluding carboxylic acids is 2.